The number of pyridine rings is 3. The van der Waals surface area contributed by atoms with Crippen molar-refractivity contribution in [2.24, 2.45) is 0 Å². The quantitative estimate of drug-likeness (QED) is 0.108. The van der Waals surface area contributed by atoms with Crippen molar-refractivity contribution in [1.82, 2.24) is 15.0 Å². The van der Waals surface area contributed by atoms with Crippen LogP contribution in [0, 0.1) is 29.8 Å². The van der Waals surface area contributed by atoms with Crippen molar-refractivity contribution < 1.29 is 28.9 Å². The average molecular weight is 1050 g/mol. The maximum absolute atomic E-state index is 13.6. The Morgan fingerprint density at radius 3 is 1.42 bits per heavy atom. The van der Waals surface area contributed by atoms with Crippen LogP contribution in [0.1, 0.15) is 22.3 Å². The van der Waals surface area contributed by atoms with Gasteiger partial charge in [-0.3, -0.25) is 8.78 Å². The smallest absolute Gasteiger partial charge is 0.304 e. The summed E-state index contributed by atoms with van der Waals surface area (Å²) in [6.07, 6.45) is 9.03. The van der Waals surface area contributed by atoms with Gasteiger partial charge in [0, 0.05) is 35.8 Å². The molecule has 324 valence electrons. The van der Waals surface area contributed by atoms with Crippen LogP contribution >= 0.6 is 0 Å². The zero-order chi connectivity index (χ0) is 44.7. The Labute approximate surface area is 404 Å². The van der Waals surface area contributed by atoms with Gasteiger partial charge >= 0.3 is 20.1 Å². The van der Waals surface area contributed by atoms with Crippen molar-refractivity contribution in [3.05, 3.63) is 259 Å². The van der Waals surface area contributed by atoms with Crippen LogP contribution in [0.2, 0.25) is 0 Å². The molecule has 0 aliphatic heterocycles. The Bertz CT molecular complexity index is 3100. The number of halogens is 2. The fourth-order valence-electron chi connectivity index (χ4n) is 8.43. The van der Waals surface area contributed by atoms with Gasteiger partial charge in [0.05, 0.1) is 0 Å². The number of hydrogen-bond donors (Lipinski definition) is 0. The van der Waals surface area contributed by atoms with Crippen molar-refractivity contribution in [3.8, 4) is 78.3 Å². The molecule has 0 spiro atoms. The minimum Gasteiger partial charge on any atom is -0.304 e. The van der Waals surface area contributed by atoms with E-state index in [4.69, 9.17) is 15.0 Å². The summed E-state index contributed by atoms with van der Waals surface area (Å²) in [5.74, 6) is -0.638. The van der Waals surface area contributed by atoms with Gasteiger partial charge in [0.25, 0.3) is 0 Å². The van der Waals surface area contributed by atoms with Gasteiger partial charge in [0.15, 0.2) is 0 Å². The van der Waals surface area contributed by atoms with Crippen LogP contribution in [-0.4, -0.2) is 15.0 Å². The number of rotatable bonds is 13. The summed E-state index contributed by atoms with van der Waals surface area (Å²) >= 11 is 0. The normalized spacial score (nSPS) is 11.0. The SMILES string of the molecule is Fc1c[c-]c(-c2ccc(CCc3cc(CCc4ccc(-c5[c-]cc(F)cc5)nc4)cc(-c4ccccc4-c4cnc(-c5[c-]cccc5)cc4-c4ccc(-c5ccccc5)cc4)c3)cn2)cc1.[Ir+3]. The molecular formula is C61H42F2IrN3. The molecule has 0 N–H and O–H groups in total. The van der Waals surface area contributed by atoms with Crippen molar-refractivity contribution in [2.75, 3.05) is 0 Å². The summed E-state index contributed by atoms with van der Waals surface area (Å²) < 4.78 is 27.1. The van der Waals surface area contributed by atoms with Gasteiger partial charge in [-0.05, 0) is 104 Å². The van der Waals surface area contributed by atoms with Crippen LogP contribution < -0.4 is 0 Å². The van der Waals surface area contributed by atoms with Crippen LogP contribution in [0.3, 0.4) is 0 Å². The molecule has 0 fully saturated rings. The Balaban J connectivity index is 0.00000562. The standard InChI is InChI=1S/C61H42F2N3.Ir/c62-53-29-25-50(26-30-53)59-33-19-42(39-64-59)15-17-44-35-45(18-16-43-20-34-60(65-40-43)51-27-31-54(63)32-28-51)37-52(36-44)55-13-7-8-14-56(55)58-41-66-61(49-11-5-2-6-12-49)38-57(58)48-23-21-47(22-24-48)46-9-3-1-4-10-46;/h1-11,13-14,19-25,27,29-41H,15-18H2;/q-3;+3. The van der Waals surface area contributed by atoms with Gasteiger partial charge in [0.2, 0.25) is 0 Å². The van der Waals surface area contributed by atoms with Crippen LogP contribution in [-0.2, 0) is 45.8 Å². The van der Waals surface area contributed by atoms with Gasteiger partial charge in [-0.1, -0.05) is 127 Å². The molecule has 6 heteroatoms. The minimum absolute atomic E-state index is 0. The third kappa shape index (κ3) is 10.6. The molecule has 3 nitrogen and oxygen atoms in total. The molecule has 0 saturated heterocycles. The number of aromatic nitrogens is 3. The van der Waals surface area contributed by atoms with E-state index in [9.17, 15) is 8.78 Å². The summed E-state index contributed by atoms with van der Waals surface area (Å²) in [6.45, 7) is 0. The topological polar surface area (TPSA) is 38.7 Å². The predicted molar refractivity (Wildman–Crippen MR) is 262 cm³/mol. The fraction of sp³-hybridized carbons (Fsp3) is 0.0656. The van der Waals surface area contributed by atoms with Gasteiger partial charge in [-0.25, -0.2) is 0 Å². The first-order valence-electron chi connectivity index (χ1n) is 22.1. The van der Waals surface area contributed by atoms with Gasteiger partial charge in [-0.15, -0.1) is 95.6 Å². The maximum atomic E-state index is 13.6. The first-order valence-corrected chi connectivity index (χ1v) is 22.1. The summed E-state index contributed by atoms with van der Waals surface area (Å²) in [4.78, 5) is 14.5. The maximum Gasteiger partial charge on any atom is 3.00 e. The molecule has 3 heterocycles. The predicted octanol–water partition coefficient (Wildman–Crippen LogP) is 14.8. The Hall–Kier alpha value is -7.50. The molecule has 10 rings (SSSR count). The van der Waals surface area contributed by atoms with Gasteiger partial charge < -0.3 is 15.0 Å². The second-order valence-electron chi connectivity index (χ2n) is 16.4. The van der Waals surface area contributed by atoms with Crippen molar-refractivity contribution in [1.29, 1.82) is 0 Å². The summed E-state index contributed by atoms with van der Waals surface area (Å²) in [5.41, 5.74) is 18.4. The molecule has 0 bridgehead atoms. The first kappa shape index (κ1) is 44.7. The van der Waals surface area contributed by atoms with E-state index in [0.717, 1.165) is 110 Å². The van der Waals surface area contributed by atoms with E-state index >= 15 is 0 Å². The van der Waals surface area contributed by atoms with E-state index in [-0.39, 0.29) is 31.7 Å². The van der Waals surface area contributed by atoms with Crippen molar-refractivity contribution in [2.45, 2.75) is 25.7 Å². The number of hydrogen-bond acceptors (Lipinski definition) is 3. The summed E-state index contributed by atoms with van der Waals surface area (Å²) in [6, 6.07) is 71.4. The fourth-order valence-corrected chi connectivity index (χ4v) is 8.43. The molecule has 0 saturated carbocycles. The zero-order valence-corrected chi connectivity index (χ0v) is 38.8. The van der Waals surface area contributed by atoms with Crippen LogP contribution in [0.4, 0.5) is 8.78 Å². The Kier molecular flexibility index (Phi) is 13.9. The van der Waals surface area contributed by atoms with Crippen LogP contribution in [0.5, 0.6) is 0 Å². The number of benzene rings is 7. The van der Waals surface area contributed by atoms with E-state index in [1.54, 1.807) is 12.1 Å². The molecule has 0 aliphatic carbocycles. The molecule has 0 atom stereocenters. The van der Waals surface area contributed by atoms with Crippen LogP contribution in [0.15, 0.2) is 207 Å². The number of nitrogens with zero attached hydrogens (tertiary/aromatic N) is 3. The molecule has 67 heavy (non-hydrogen) atoms. The average Bonchev–Trinajstić information content (AvgIpc) is 3.38. The number of aryl methyl sites for hydroxylation is 4. The van der Waals surface area contributed by atoms with E-state index in [1.807, 2.05) is 55.0 Å². The molecule has 0 radical (unpaired) electrons. The summed E-state index contributed by atoms with van der Waals surface area (Å²) in [5, 5.41) is 0. The second-order valence-corrected chi connectivity index (χ2v) is 16.4. The van der Waals surface area contributed by atoms with Crippen molar-refractivity contribution >= 4 is 0 Å². The minimum atomic E-state index is -0.319. The summed E-state index contributed by atoms with van der Waals surface area (Å²) in [7, 11) is 0. The molecule has 0 amide bonds. The van der Waals surface area contributed by atoms with E-state index in [2.05, 4.69) is 133 Å². The molecule has 3 aromatic heterocycles. The molecule has 0 aliphatic rings. The third-order valence-corrected chi connectivity index (χ3v) is 11.9. The second kappa shape index (κ2) is 20.8. The Morgan fingerprint density at radius 1 is 0.343 bits per heavy atom. The van der Waals surface area contributed by atoms with Gasteiger partial charge in [0.1, 0.15) is 0 Å². The zero-order valence-electron chi connectivity index (χ0n) is 36.4. The molecule has 0 unspecified atom stereocenters. The van der Waals surface area contributed by atoms with Crippen LogP contribution in [0.25, 0.3) is 78.3 Å². The molecular weight excluding hydrogens is 1000 g/mol. The largest absolute Gasteiger partial charge is 3.00 e. The van der Waals surface area contributed by atoms with E-state index in [0.29, 0.717) is 0 Å². The molecule has 10 aromatic rings. The third-order valence-electron chi connectivity index (χ3n) is 11.9. The van der Waals surface area contributed by atoms with E-state index < -0.39 is 0 Å². The van der Waals surface area contributed by atoms with Gasteiger partial charge in [-0.2, -0.15) is 0 Å². The molecule has 7 aromatic carbocycles. The monoisotopic (exact) mass is 1050 g/mol. The van der Waals surface area contributed by atoms with Crippen molar-refractivity contribution in [3.63, 3.8) is 0 Å². The van der Waals surface area contributed by atoms with E-state index in [1.165, 1.54) is 41.0 Å². The first-order chi connectivity index (χ1) is 32.5. The Morgan fingerprint density at radius 2 is 0.866 bits per heavy atom.